The molecule has 0 aromatic carbocycles. The molecule has 0 aliphatic carbocycles. The maximum atomic E-state index is 5.62. The number of ether oxygens (including phenoxy) is 1. The van der Waals surface area contributed by atoms with E-state index in [-0.39, 0.29) is 40.8 Å². The van der Waals surface area contributed by atoms with Crippen molar-refractivity contribution in [3.8, 4) is 0 Å². The van der Waals surface area contributed by atoms with Crippen molar-refractivity contribution in [2.24, 2.45) is 0 Å². The molecule has 57 valence electrons. The fraction of sp³-hybridized carbons (Fsp3) is 1.00. The first-order valence-corrected chi connectivity index (χ1v) is 3.41. The number of rotatable bonds is 0. The van der Waals surface area contributed by atoms with Gasteiger partial charge in [0.1, 0.15) is 0 Å². The standard InChI is InChI=1S/C8H18O.Na/c1-7(2,3)9-8(4,5)6;/h1-6H3;. The third-order valence-electron chi connectivity index (χ3n) is 0.612. The second-order valence-electron chi connectivity index (χ2n) is 4.33. The van der Waals surface area contributed by atoms with E-state index < -0.39 is 0 Å². The molecule has 0 rings (SSSR count). The molecular weight excluding hydrogens is 135 g/mol. The van der Waals surface area contributed by atoms with E-state index in [9.17, 15) is 0 Å². The van der Waals surface area contributed by atoms with Gasteiger partial charge in [-0.15, -0.1) is 0 Å². The Morgan fingerprint density at radius 1 is 0.700 bits per heavy atom. The Morgan fingerprint density at radius 2 is 0.900 bits per heavy atom. The van der Waals surface area contributed by atoms with Crippen LogP contribution in [0.5, 0.6) is 0 Å². The average Bonchev–Trinajstić information content (AvgIpc) is 1.14. The van der Waals surface area contributed by atoms with Gasteiger partial charge < -0.3 is 4.74 Å². The van der Waals surface area contributed by atoms with Gasteiger partial charge in [-0.05, 0) is 41.5 Å². The summed E-state index contributed by atoms with van der Waals surface area (Å²) in [6, 6.07) is 0. The summed E-state index contributed by atoms with van der Waals surface area (Å²) in [5.41, 5.74) is -0.0312. The molecule has 0 spiro atoms. The van der Waals surface area contributed by atoms with Crippen molar-refractivity contribution in [3.05, 3.63) is 0 Å². The summed E-state index contributed by atoms with van der Waals surface area (Å²) in [5, 5.41) is 0. The molecule has 1 radical (unpaired) electrons. The predicted octanol–water partition coefficient (Wildman–Crippen LogP) is 2.22. The fourth-order valence-corrected chi connectivity index (χ4v) is 0.919. The molecule has 0 aromatic heterocycles. The molecule has 0 heterocycles. The van der Waals surface area contributed by atoms with Crippen LogP contribution in [0.25, 0.3) is 0 Å². The molecule has 0 amide bonds. The third-order valence-corrected chi connectivity index (χ3v) is 0.612. The molecule has 2 heteroatoms. The third kappa shape index (κ3) is 11.7. The van der Waals surface area contributed by atoms with Crippen molar-refractivity contribution in [1.29, 1.82) is 0 Å². The van der Waals surface area contributed by atoms with Crippen LogP contribution in [-0.4, -0.2) is 40.8 Å². The van der Waals surface area contributed by atoms with Gasteiger partial charge in [-0.3, -0.25) is 0 Å². The van der Waals surface area contributed by atoms with Crippen LogP contribution in [-0.2, 0) is 4.74 Å². The first-order valence-electron chi connectivity index (χ1n) is 3.41. The molecule has 0 aromatic rings. The van der Waals surface area contributed by atoms with E-state index in [4.69, 9.17) is 4.74 Å². The van der Waals surface area contributed by atoms with Crippen LogP contribution in [0.2, 0.25) is 0 Å². The van der Waals surface area contributed by atoms with Crippen molar-refractivity contribution < 1.29 is 4.74 Å². The Kier molecular flexibility index (Phi) is 5.56. The predicted molar refractivity (Wildman–Crippen MR) is 46.3 cm³/mol. The summed E-state index contributed by atoms with van der Waals surface area (Å²) < 4.78 is 5.62. The Balaban J connectivity index is 0. The SMILES string of the molecule is CC(C)(C)OC(C)(C)C.[Na]. The summed E-state index contributed by atoms with van der Waals surface area (Å²) in [6.07, 6.45) is 0. The van der Waals surface area contributed by atoms with E-state index in [0.29, 0.717) is 0 Å². The molecule has 0 bridgehead atoms. The van der Waals surface area contributed by atoms with Gasteiger partial charge in [-0.25, -0.2) is 0 Å². The zero-order valence-electron chi connectivity index (χ0n) is 8.41. The minimum absolute atomic E-state index is 0. The Bertz CT molecular complexity index is 74.4. The largest absolute Gasteiger partial charge is 0.370 e. The van der Waals surface area contributed by atoms with E-state index in [2.05, 4.69) is 41.5 Å². The number of hydrogen-bond acceptors (Lipinski definition) is 1. The van der Waals surface area contributed by atoms with Crippen molar-refractivity contribution >= 4 is 29.6 Å². The average molecular weight is 153 g/mol. The van der Waals surface area contributed by atoms with Gasteiger partial charge in [0, 0.05) is 29.6 Å². The normalized spacial score (nSPS) is 12.6. The summed E-state index contributed by atoms with van der Waals surface area (Å²) in [7, 11) is 0. The van der Waals surface area contributed by atoms with Crippen molar-refractivity contribution in [3.63, 3.8) is 0 Å². The van der Waals surface area contributed by atoms with Crippen molar-refractivity contribution in [2.75, 3.05) is 0 Å². The smallest absolute Gasteiger partial charge is 0.0605 e. The Hall–Kier alpha value is 0.960. The van der Waals surface area contributed by atoms with E-state index in [1.165, 1.54) is 0 Å². The first kappa shape index (κ1) is 13.5. The molecule has 0 saturated carbocycles. The maximum absolute atomic E-state index is 5.62. The minimum atomic E-state index is -0.0156. The van der Waals surface area contributed by atoms with Gasteiger partial charge in [0.25, 0.3) is 0 Å². The summed E-state index contributed by atoms with van der Waals surface area (Å²) in [4.78, 5) is 0. The molecule has 1 nitrogen and oxygen atoms in total. The van der Waals surface area contributed by atoms with Crippen LogP contribution in [0.4, 0.5) is 0 Å². The number of hydrogen-bond donors (Lipinski definition) is 0. The van der Waals surface area contributed by atoms with Gasteiger partial charge in [0.05, 0.1) is 11.2 Å². The molecule has 0 saturated heterocycles. The topological polar surface area (TPSA) is 9.23 Å². The molecule has 0 fully saturated rings. The van der Waals surface area contributed by atoms with Gasteiger partial charge in [0.15, 0.2) is 0 Å². The first-order chi connectivity index (χ1) is 3.71. The zero-order valence-corrected chi connectivity index (χ0v) is 10.4. The summed E-state index contributed by atoms with van der Waals surface area (Å²) >= 11 is 0. The van der Waals surface area contributed by atoms with Crippen LogP contribution in [0, 0.1) is 0 Å². The molecule has 0 unspecified atom stereocenters. The maximum Gasteiger partial charge on any atom is 0.0605 e. The fourth-order valence-electron chi connectivity index (χ4n) is 0.919. The van der Waals surface area contributed by atoms with Gasteiger partial charge in [-0.2, -0.15) is 0 Å². The van der Waals surface area contributed by atoms with E-state index in [0.717, 1.165) is 0 Å². The molecule has 0 aliphatic heterocycles. The Morgan fingerprint density at radius 3 is 0.900 bits per heavy atom. The second-order valence-corrected chi connectivity index (χ2v) is 4.33. The molecule has 10 heavy (non-hydrogen) atoms. The van der Waals surface area contributed by atoms with Crippen LogP contribution < -0.4 is 0 Å². The van der Waals surface area contributed by atoms with Crippen molar-refractivity contribution in [1.82, 2.24) is 0 Å². The Labute approximate surface area is 86.8 Å². The minimum Gasteiger partial charge on any atom is -0.370 e. The molecule has 0 aliphatic rings. The van der Waals surface area contributed by atoms with Gasteiger partial charge >= 0.3 is 0 Å². The quantitative estimate of drug-likeness (QED) is 0.485. The van der Waals surface area contributed by atoms with Crippen LogP contribution in [0.3, 0.4) is 0 Å². The van der Waals surface area contributed by atoms with Crippen LogP contribution >= 0.6 is 0 Å². The second kappa shape index (κ2) is 4.10. The summed E-state index contributed by atoms with van der Waals surface area (Å²) in [6.45, 7) is 12.4. The molecule has 0 N–H and O–H groups in total. The summed E-state index contributed by atoms with van der Waals surface area (Å²) in [5.74, 6) is 0. The van der Waals surface area contributed by atoms with Gasteiger partial charge in [0.2, 0.25) is 0 Å². The van der Waals surface area contributed by atoms with Gasteiger partial charge in [-0.1, -0.05) is 0 Å². The van der Waals surface area contributed by atoms with Crippen LogP contribution in [0.1, 0.15) is 41.5 Å². The van der Waals surface area contributed by atoms with E-state index in [1.54, 1.807) is 0 Å². The van der Waals surface area contributed by atoms with E-state index in [1.807, 2.05) is 0 Å². The monoisotopic (exact) mass is 153 g/mol. The van der Waals surface area contributed by atoms with Crippen LogP contribution in [0.15, 0.2) is 0 Å². The molecule has 0 atom stereocenters. The zero-order chi connectivity index (χ0) is 7.71. The molecular formula is C8H18NaO. The van der Waals surface area contributed by atoms with E-state index >= 15 is 0 Å². The van der Waals surface area contributed by atoms with Crippen molar-refractivity contribution in [2.45, 2.75) is 52.7 Å².